The molecular weight excluding hydrogens is 538 g/mol. The Hall–Kier alpha value is -3.78. The van der Waals surface area contributed by atoms with Gasteiger partial charge in [0.05, 0.1) is 19.3 Å². The van der Waals surface area contributed by atoms with Crippen molar-refractivity contribution in [2.45, 2.75) is 57.1 Å². The van der Waals surface area contributed by atoms with Crippen LogP contribution in [0.5, 0.6) is 11.5 Å². The van der Waals surface area contributed by atoms with Gasteiger partial charge in [-0.25, -0.2) is 14.6 Å². The molecule has 41 heavy (non-hydrogen) atoms. The van der Waals surface area contributed by atoms with Gasteiger partial charge in [-0.15, -0.1) is 0 Å². The van der Waals surface area contributed by atoms with Crippen LogP contribution in [0.2, 0.25) is 0 Å². The number of hydrogen-bond acceptors (Lipinski definition) is 6. The lowest BCUT2D eigenvalue weighted by Crippen LogP contribution is -2.03. The van der Waals surface area contributed by atoms with E-state index in [4.69, 9.17) is 19.7 Å². The summed E-state index contributed by atoms with van der Waals surface area (Å²) in [5.74, 6) is 1.02. The predicted molar refractivity (Wildman–Crippen MR) is 164 cm³/mol. The SMILES string of the molecule is COc1ccc(CCCCCCCCOc2ccc(CCSCc3cccc(C(=O)O)c3)nc2/C=C/C(=O)O)cc1. The number of aliphatic carboxylic acids is 1. The van der Waals surface area contributed by atoms with E-state index in [1.165, 1.54) is 30.9 Å². The molecule has 218 valence electrons. The van der Waals surface area contributed by atoms with Crippen LogP contribution in [0.1, 0.15) is 71.4 Å². The Balaban J connectivity index is 1.37. The van der Waals surface area contributed by atoms with Crippen molar-refractivity contribution in [3.05, 3.63) is 94.8 Å². The number of aromatic carboxylic acids is 1. The van der Waals surface area contributed by atoms with Gasteiger partial charge in [0.15, 0.2) is 0 Å². The molecule has 1 heterocycles. The van der Waals surface area contributed by atoms with Gasteiger partial charge in [0.1, 0.15) is 17.2 Å². The Labute approximate surface area is 246 Å². The van der Waals surface area contributed by atoms with E-state index < -0.39 is 11.9 Å². The van der Waals surface area contributed by atoms with E-state index in [2.05, 4.69) is 17.1 Å². The van der Waals surface area contributed by atoms with Crippen molar-refractivity contribution in [1.29, 1.82) is 0 Å². The number of pyridine rings is 1. The van der Waals surface area contributed by atoms with Crippen LogP contribution in [0.25, 0.3) is 6.08 Å². The third-order valence-corrected chi connectivity index (χ3v) is 7.58. The summed E-state index contributed by atoms with van der Waals surface area (Å²) in [5, 5.41) is 18.2. The summed E-state index contributed by atoms with van der Waals surface area (Å²) in [6, 6.07) is 19.0. The Bertz CT molecular complexity index is 1270. The number of carbonyl (C=O) groups is 2. The number of carboxylic acids is 2. The monoisotopic (exact) mass is 577 g/mol. The second-order valence-electron chi connectivity index (χ2n) is 9.73. The highest BCUT2D eigenvalue weighted by molar-refractivity contribution is 7.98. The molecule has 0 saturated carbocycles. The van der Waals surface area contributed by atoms with E-state index in [9.17, 15) is 9.59 Å². The third kappa shape index (κ3) is 12.1. The zero-order valence-corrected chi connectivity index (χ0v) is 24.4. The van der Waals surface area contributed by atoms with Gasteiger partial charge in [0, 0.05) is 17.5 Å². The molecule has 2 aromatic carbocycles. The first kappa shape index (κ1) is 31.7. The van der Waals surface area contributed by atoms with Crippen molar-refractivity contribution in [3.63, 3.8) is 0 Å². The maximum Gasteiger partial charge on any atom is 0.335 e. The number of hydrogen-bond donors (Lipinski definition) is 2. The number of unbranched alkanes of at least 4 members (excludes halogenated alkanes) is 5. The number of carboxylic acid groups (broad SMARTS) is 2. The number of ether oxygens (including phenoxy) is 2. The van der Waals surface area contributed by atoms with Crippen molar-refractivity contribution >= 4 is 29.8 Å². The Morgan fingerprint density at radius 1 is 0.878 bits per heavy atom. The average molecular weight is 578 g/mol. The fourth-order valence-corrected chi connectivity index (χ4v) is 5.22. The lowest BCUT2D eigenvalue weighted by molar-refractivity contribution is -0.131. The summed E-state index contributed by atoms with van der Waals surface area (Å²) in [7, 11) is 1.68. The molecule has 0 amide bonds. The molecule has 0 aliphatic carbocycles. The van der Waals surface area contributed by atoms with E-state index in [-0.39, 0.29) is 5.56 Å². The molecule has 2 N–H and O–H groups in total. The highest BCUT2D eigenvalue weighted by Gasteiger charge is 2.08. The normalized spacial score (nSPS) is 11.0. The zero-order chi connectivity index (χ0) is 29.3. The van der Waals surface area contributed by atoms with Crippen LogP contribution in [0.4, 0.5) is 0 Å². The van der Waals surface area contributed by atoms with E-state index in [0.29, 0.717) is 30.2 Å². The van der Waals surface area contributed by atoms with Gasteiger partial charge in [0.2, 0.25) is 0 Å². The van der Waals surface area contributed by atoms with E-state index in [1.807, 2.05) is 30.3 Å². The summed E-state index contributed by atoms with van der Waals surface area (Å²) in [6.07, 6.45) is 11.1. The van der Waals surface area contributed by atoms with Gasteiger partial charge in [-0.05, 0) is 85.0 Å². The molecule has 0 spiro atoms. The summed E-state index contributed by atoms with van der Waals surface area (Å²) in [5.41, 5.74) is 3.96. The van der Waals surface area contributed by atoms with Crippen LogP contribution in [-0.2, 0) is 23.4 Å². The minimum absolute atomic E-state index is 0.288. The number of aryl methyl sites for hydroxylation is 2. The number of benzene rings is 2. The molecule has 3 aromatic rings. The van der Waals surface area contributed by atoms with Gasteiger partial charge < -0.3 is 19.7 Å². The second-order valence-corrected chi connectivity index (χ2v) is 10.8. The molecule has 8 heteroatoms. The smallest absolute Gasteiger partial charge is 0.335 e. The Morgan fingerprint density at radius 2 is 1.63 bits per heavy atom. The maximum absolute atomic E-state index is 11.2. The van der Waals surface area contributed by atoms with Crippen LogP contribution >= 0.6 is 11.8 Å². The largest absolute Gasteiger partial charge is 0.497 e. The Kier molecular flexibility index (Phi) is 13.8. The topological polar surface area (TPSA) is 106 Å². The summed E-state index contributed by atoms with van der Waals surface area (Å²) in [4.78, 5) is 26.9. The number of aromatic nitrogens is 1. The van der Waals surface area contributed by atoms with Gasteiger partial charge >= 0.3 is 11.9 Å². The Morgan fingerprint density at radius 3 is 2.37 bits per heavy atom. The standard InChI is InChI=1S/C33H39NO6S/c1-39-29-15-12-25(13-16-29)9-6-4-2-3-5-7-21-40-31-18-14-28(34-30(31)17-19-32(35)36)20-22-41-24-26-10-8-11-27(23-26)33(37)38/h8,10-19,23H,2-7,9,20-22,24H2,1H3,(H,35,36)(H,37,38)/b19-17+. The van der Waals surface area contributed by atoms with Gasteiger partial charge in [-0.1, -0.05) is 49.9 Å². The van der Waals surface area contributed by atoms with Crippen molar-refractivity contribution in [1.82, 2.24) is 4.98 Å². The molecule has 0 fully saturated rings. The van der Waals surface area contributed by atoms with E-state index in [1.54, 1.807) is 37.1 Å². The second kappa shape index (κ2) is 17.8. The third-order valence-electron chi connectivity index (χ3n) is 6.55. The zero-order valence-electron chi connectivity index (χ0n) is 23.6. The summed E-state index contributed by atoms with van der Waals surface area (Å²) < 4.78 is 11.2. The highest BCUT2D eigenvalue weighted by atomic mass is 32.2. The molecule has 0 aliphatic heterocycles. The first-order valence-corrected chi connectivity index (χ1v) is 15.2. The van der Waals surface area contributed by atoms with E-state index >= 15 is 0 Å². The quantitative estimate of drug-likeness (QED) is 0.113. The number of rotatable bonds is 19. The lowest BCUT2D eigenvalue weighted by atomic mass is 10.0. The van der Waals surface area contributed by atoms with Gasteiger partial charge in [-0.3, -0.25) is 0 Å². The van der Waals surface area contributed by atoms with Crippen LogP contribution < -0.4 is 9.47 Å². The molecular formula is C33H39NO6S. The van der Waals surface area contributed by atoms with Crippen LogP contribution in [0, 0.1) is 0 Å². The molecule has 0 bridgehead atoms. The molecule has 0 aliphatic rings. The summed E-state index contributed by atoms with van der Waals surface area (Å²) in [6.45, 7) is 0.562. The average Bonchev–Trinajstić information content (AvgIpc) is 2.98. The fourth-order valence-electron chi connectivity index (χ4n) is 4.31. The molecule has 1 aromatic heterocycles. The maximum atomic E-state index is 11.2. The predicted octanol–water partition coefficient (Wildman–Crippen LogP) is 7.32. The minimum Gasteiger partial charge on any atom is -0.497 e. The van der Waals surface area contributed by atoms with Crippen LogP contribution in [0.15, 0.2) is 66.7 Å². The van der Waals surface area contributed by atoms with Gasteiger partial charge in [0.25, 0.3) is 0 Å². The first-order valence-electron chi connectivity index (χ1n) is 14.0. The molecule has 3 rings (SSSR count). The van der Waals surface area contributed by atoms with Crippen molar-refractivity contribution in [2.24, 2.45) is 0 Å². The van der Waals surface area contributed by atoms with E-state index in [0.717, 1.165) is 54.5 Å². The first-order chi connectivity index (χ1) is 19.9. The van der Waals surface area contributed by atoms with Gasteiger partial charge in [-0.2, -0.15) is 11.8 Å². The van der Waals surface area contributed by atoms with Crippen LogP contribution in [0.3, 0.4) is 0 Å². The highest BCUT2D eigenvalue weighted by Crippen LogP contribution is 2.22. The molecule has 0 saturated heterocycles. The van der Waals surface area contributed by atoms with Crippen molar-refractivity contribution in [2.75, 3.05) is 19.5 Å². The van der Waals surface area contributed by atoms with Crippen LogP contribution in [-0.4, -0.2) is 46.6 Å². The van der Waals surface area contributed by atoms with Crippen molar-refractivity contribution < 1.29 is 29.3 Å². The number of nitrogens with zero attached hydrogens (tertiary/aromatic N) is 1. The van der Waals surface area contributed by atoms with Crippen molar-refractivity contribution in [3.8, 4) is 11.5 Å². The molecule has 0 radical (unpaired) electrons. The molecule has 0 atom stereocenters. The molecule has 0 unspecified atom stereocenters. The summed E-state index contributed by atoms with van der Waals surface area (Å²) >= 11 is 1.70. The lowest BCUT2D eigenvalue weighted by Gasteiger charge is -2.11. The number of thioether (sulfide) groups is 1. The minimum atomic E-state index is -1.03. The number of methoxy groups -OCH3 is 1. The molecule has 7 nitrogen and oxygen atoms in total. The fraction of sp³-hybridized carbons (Fsp3) is 0.364.